The predicted molar refractivity (Wildman–Crippen MR) is 91.0 cm³/mol. The van der Waals surface area contributed by atoms with Crippen molar-refractivity contribution >= 4 is 23.4 Å². The topological polar surface area (TPSA) is 69.7 Å². The molecule has 0 spiro atoms. The molecule has 3 amide bonds. The fourth-order valence-electron chi connectivity index (χ4n) is 3.21. The van der Waals surface area contributed by atoms with Crippen molar-refractivity contribution in [2.75, 3.05) is 24.5 Å². The Labute approximate surface area is 149 Å². The van der Waals surface area contributed by atoms with E-state index in [9.17, 15) is 23.2 Å². The van der Waals surface area contributed by atoms with Crippen molar-refractivity contribution in [1.29, 1.82) is 0 Å². The zero-order valence-corrected chi connectivity index (χ0v) is 14.1. The Morgan fingerprint density at radius 1 is 1.35 bits per heavy atom. The third kappa shape index (κ3) is 3.44. The Bertz CT molecular complexity index is 766. The number of anilines is 1. The molecule has 2 fully saturated rings. The van der Waals surface area contributed by atoms with Gasteiger partial charge < -0.3 is 15.1 Å². The number of alkyl halides is 2. The van der Waals surface area contributed by atoms with Crippen LogP contribution in [0.4, 0.5) is 14.5 Å². The third-order valence-corrected chi connectivity index (χ3v) is 4.60. The maximum Gasteiger partial charge on any atom is 0.286 e. The van der Waals surface area contributed by atoms with Crippen LogP contribution in [-0.4, -0.2) is 54.2 Å². The maximum absolute atomic E-state index is 14.1. The van der Waals surface area contributed by atoms with Gasteiger partial charge in [-0.25, -0.2) is 8.78 Å². The third-order valence-electron chi connectivity index (χ3n) is 4.60. The summed E-state index contributed by atoms with van der Waals surface area (Å²) in [4.78, 5) is 38.3. The first-order chi connectivity index (χ1) is 12.3. The lowest BCUT2D eigenvalue weighted by Gasteiger charge is -2.20. The lowest BCUT2D eigenvalue weighted by atomic mass is 10.1. The zero-order valence-electron chi connectivity index (χ0n) is 14.1. The highest BCUT2D eigenvalue weighted by Gasteiger charge is 2.50. The number of nitrogens with one attached hydrogen (secondary N) is 1. The van der Waals surface area contributed by atoms with Gasteiger partial charge >= 0.3 is 0 Å². The minimum Gasteiger partial charge on any atom is -0.341 e. The highest BCUT2D eigenvalue weighted by molar-refractivity contribution is 5.99. The lowest BCUT2D eigenvalue weighted by Crippen LogP contribution is -2.46. The summed E-state index contributed by atoms with van der Waals surface area (Å²) < 4.78 is 28.2. The van der Waals surface area contributed by atoms with Gasteiger partial charge in [-0.3, -0.25) is 14.4 Å². The molecule has 8 heteroatoms. The van der Waals surface area contributed by atoms with Gasteiger partial charge in [-0.15, -0.1) is 0 Å². The molecule has 1 aromatic carbocycles. The van der Waals surface area contributed by atoms with Crippen LogP contribution in [0.25, 0.3) is 0 Å². The van der Waals surface area contributed by atoms with Crippen LogP contribution in [0.3, 0.4) is 0 Å². The van der Waals surface area contributed by atoms with Gasteiger partial charge in [0.25, 0.3) is 11.8 Å². The summed E-state index contributed by atoms with van der Waals surface area (Å²) in [7, 11) is 0. The minimum absolute atomic E-state index is 0.0246. The highest BCUT2D eigenvalue weighted by Crippen LogP contribution is 2.28. The molecule has 2 saturated heterocycles. The van der Waals surface area contributed by atoms with Crippen LogP contribution < -0.4 is 10.2 Å². The molecule has 0 aliphatic carbocycles. The molecule has 1 atom stereocenters. The molecule has 0 radical (unpaired) electrons. The Morgan fingerprint density at radius 2 is 2.12 bits per heavy atom. The monoisotopic (exact) mass is 363 g/mol. The summed E-state index contributed by atoms with van der Waals surface area (Å²) >= 11 is 0. The van der Waals surface area contributed by atoms with Gasteiger partial charge in [-0.1, -0.05) is 12.6 Å². The molecule has 0 bridgehead atoms. The molecule has 2 aliphatic heterocycles. The average molecular weight is 363 g/mol. The molecule has 2 heterocycles. The summed E-state index contributed by atoms with van der Waals surface area (Å²) in [6.45, 7) is 2.81. The van der Waals surface area contributed by atoms with Crippen LogP contribution in [0.15, 0.2) is 36.9 Å². The van der Waals surface area contributed by atoms with E-state index in [0.717, 1.165) is 17.4 Å². The van der Waals surface area contributed by atoms with Gasteiger partial charge in [0.1, 0.15) is 6.04 Å². The van der Waals surface area contributed by atoms with Gasteiger partial charge in [0.2, 0.25) is 11.8 Å². The van der Waals surface area contributed by atoms with Gasteiger partial charge in [-0.05, 0) is 30.7 Å². The summed E-state index contributed by atoms with van der Waals surface area (Å²) in [6.07, 6.45) is 2.17. The van der Waals surface area contributed by atoms with Crippen molar-refractivity contribution in [2.24, 2.45) is 0 Å². The summed E-state index contributed by atoms with van der Waals surface area (Å²) in [6, 6.07) is 4.85. The maximum atomic E-state index is 14.1. The first-order valence-corrected chi connectivity index (χ1v) is 8.32. The van der Waals surface area contributed by atoms with Crippen molar-refractivity contribution in [3.63, 3.8) is 0 Å². The molecule has 0 aromatic heterocycles. The quantitative estimate of drug-likeness (QED) is 0.826. The number of carbonyl (C=O) groups is 3. The molecule has 1 N–H and O–H groups in total. The average Bonchev–Trinajstić information content (AvgIpc) is 3.17. The van der Waals surface area contributed by atoms with E-state index in [-0.39, 0.29) is 18.0 Å². The minimum atomic E-state index is -3.23. The van der Waals surface area contributed by atoms with E-state index in [1.165, 1.54) is 12.1 Å². The number of halogens is 2. The molecule has 6 nitrogen and oxygen atoms in total. The van der Waals surface area contributed by atoms with E-state index >= 15 is 0 Å². The number of hydrogen-bond acceptors (Lipinski definition) is 3. The number of hydrogen-bond donors (Lipinski definition) is 1. The number of nitrogens with zero attached hydrogens (tertiary/aromatic N) is 2. The van der Waals surface area contributed by atoms with Gasteiger partial charge in [-0.2, -0.15) is 0 Å². The fourth-order valence-corrected chi connectivity index (χ4v) is 3.21. The van der Waals surface area contributed by atoms with Crippen molar-refractivity contribution in [1.82, 2.24) is 10.2 Å². The normalized spacial score (nSPS) is 21.8. The summed E-state index contributed by atoms with van der Waals surface area (Å²) in [5.41, 5.74) is 0.758. The number of amides is 3. The smallest absolute Gasteiger partial charge is 0.286 e. The van der Waals surface area contributed by atoms with Crippen molar-refractivity contribution in [3.8, 4) is 0 Å². The molecule has 1 unspecified atom stereocenters. The number of rotatable bonds is 4. The van der Waals surface area contributed by atoms with Gasteiger partial charge in [0.15, 0.2) is 0 Å². The number of carbonyl (C=O) groups excluding carboxylic acids is 3. The van der Waals surface area contributed by atoms with Crippen LogP contribution in [0.5, 0.6) is 0 Å². The number of benzene rings is 1. The van der Waals surface area contributed by atoms with Crippen LogP contribution in [0, 0.1) is 0 Å². The highest BCUT2D eigenvalue weighted by atomic mass is 19.3. The standard InChI is InChI=1S/C18H19F2N3O3/c1-2-15(24)22-10-14(18(19,20)11-22)21-17(26)12-5-3-6-13(9-12)23-8-4-7-16(23)25/h2-3,5-6,9,14H,1,4,7-8,10-11H2,(H,21,26). The molecule has 26 heavy (non-hydrogen) atoms. The Hall–Kier alpha value is -2.77. The first-order valence-electron chi connectivity index (χ1n) is 8.32. The van der Waals surface area contributed by atoms with E-state index in [2.05, 4.69) is 11.9 Å². The largest absolute Gasteiger partial charge is 0.341 e. The molecule has 0 saturated carbocycles. The van der Waals surface area contributed by atoms with E-state index in [0.29, 0.717) is 18.7 Å². The van der Waals surface area contributed by atoms with Crippen LogP contribution in [0.1, 0.15) is 23.2 Å². The molecule has 138 valence electrons. The Kier molecular flexibility index (Phi) is 4.76. The second-order valence-electron chi connectivity index (χ2n) is 6.41. The van der Waals surface area contributed by atoms with Crippen molar-refractivity contribution in [3.05, 3.63) is 42.5 Å². The van der Waals surface area contributed by atoms with E-state index < -0.39 is 30.3 Å². The van der Waals surface area contributed by atoms with Gasteiger partial charge in [0, 0.05) is 30.8 Å². The Morgan fingerprint density at radius 3 is 2.77 bits per heavy atom. The molecule has 1 aromatic rings. The predicted octanol–water partition coefficient (Wildman–Crippen LogP) is 1.58. The van der Waals surface area contributed by atoms with Crippen molar-refractivity contribution < 1.29 is 23.2 Å². The van der Waals surface area contributed by atoms with Crippen molar-refractivity contribution in [2.45, 2.75) is 24.8 Å². The molecular weight excluding hydrogens is 344 g/mol. The van der Waals surface area contributed by atoms with Gasteiger partial charge in [0.05, 0.1) is 6.54 Å². The Balaban J connectivity index is 1.73. The second kappa shape index (κ2) is 6.86. The summed E-state index contributed by atoms with van der Waals surface area (Å²) in [5.74, 6) is -4.52. The van der Waals surface area contributed by atoms with E-state index in [1.807, 2.05) is 0 Å². The molecule has 2 aliphatic rings. The SMILES string of the molecule is C=CC(=O)N1CC(NC(=O)c2cccc(N3CCCC3=O)c2)C(F)(F)C1. The number of likely N-dealkylation sites (tertiary alicyclic amines) is 1. The fraction of sp³-hybridized carbons (Fsp3) is 0.389. The zero-order chi connectivity index (χ0) is 18.9. The van der Waals surface area contributed by atoms with E-state index in [4.69, 9.17) is 0 Å². The van der Waals surface area contributed by atoms with Crippen LogP contribution in [0.2, 0.25) is 0 Å². The first kappa shape index (κ1) is 18.0. The molecular formula is C18H19F2N3O3. The molecule has 3 rings (SSSR count). The van der Waals surface area contributed by atoms with Crippen LogP contribution >= 0.6 is 0 Å². The second-order valence-corrected chi connectivity index (χ2v) is 6.41. The van der Waals surface area contributed by atoms with Crippen LogP contribution in [-0.2, 0) is 9.59 Å². The summed E-state index contributed by atoms with van der Waals surface area (Å²) in [5, 5.41) is 2.30. The lowest BCUT2D eigenvalue weighted by molar-refractivity contribution is -0.126. The van der Waals surface area contributed by atoms with E-state index in [1.54, 1.807) is 17.0 Å².